The molecular formula is C22H32N6O4S. The van der Waals surface area contributed by atoms with Crippen LogP contribution in [0.1, 0.15) is 68.9 Å². The summed E-state index contributed by atoms with van der Waals surface area (Å²) in [6, 6.07) is 0.275. The first-order chi connectivity index (χ1) is 15.9. The summed E-state index contributed by atoms with van der Waals surface area (Å²) in [7, 11) is 1.73. The number of nitrogens with one attached hydrogen (secondary N) is 1. The maximum Gasteiger partial charge on any atom is 0.345 e. The van der Waals surface area contributed by atoms with Gasteiger partial charge in [-0.05, 0) is 45.7 Å². The smallest absolute Gasteiger partial charge is 0.345 e. The molecule has 11 heteroatoms. The van der Waals surface area contributed by atoms with Crippen molar-refractivity contribution < 1.29 is 14.3 Å². The number of carbonyl (C=O) groups excluding carboxylic acids is 2. The standard InChI is InChI=1S/C22H32N6O4S/c1-3-32-19(30)12-16-14-33-21(23-16)24-18(29)13-27-10-8-15(9-11-27)20-25-26(2)22(31)28(20)17-6-4-5-7-17/h14-15,17H,3-13H2,1-2H3,(H,23,24,29). The number of amides is 1. The number of hydrogen-bond donors (Lipinski definition) is 1. The Bertz CT molecular complexity index is 1030. The van der Waals surface area contributed by atoms with Crippen molar-refractivity contribution in [2.24, 2.45) is 7.05 Å². The van der Waals surface area contributed by atoms with Gasteiger partial charge in [0.15, 0.2) is 5.13 Å². The predicted octanol–water partition coefficient (Wildman–Crippen LogP) is 2.08. The molecule has 33 heavy (non-hydrogen) atoms. The molecule has 2 aliphatic rings. The van der Waals surface area contributed by atoms with E-state index in [-0.39, 0.29) is 42.5 Å². The van der Waals surface area contributed by atoms with Crippen LogP contribution in [0.3, 0.4) is 0 Å². The lowest BCUT2D eigenvalue weighted by Gasteiger charge is -2.31. The van der Waals surface area contributed by atoms with E-state index in [0.29, 0.717) is 17.4 Å². The van der Waals surface area contributed by atoms with Gasteiger partial charge in [0.25, 0.3) is 0 Å². The van der Waals surface area contributed by atoms with Crippen LogP contribution < -0.4 is 11.0 Å². The monoisotopic (exact) mass is 476 g/mol. The van der Waals surface area contributed by atoms with E-state index in [1.165, 1.54) is 28.9 Å². The highest BCUT2D eigenvalue weighted by Crippen LogP contribution is 2.33. The summed E-state index contributed by atoms with van der Waals surface area (Å²) in [4.78, 5) is 43.2. The summed E-state index contributed by atoms with van der Waals surface area (Å²) in [6.45, 7) is 3.94. The molecule has 0 radical (unpaired) electrons. The number of aryl methyl sites for hydroxylation is 1. The number of rotatable bonds is 8. The molecule has 1 saturated carbocycles. The second-order valence-corrected chi connectivity index (χ2v) is 9.66. The van der Waals surface area contributed by atoms with Crippen molar-refractivity contribution in [3.8, 4) is 0 Å². The molecule has 0 spiro atoms. The normalized spacial score (nSPS) is 18.0. The Morgan fingerprint density at radius 1 is 1.21 bits per heavy atom. The van der Waals surface area contributed by atoms with Crippen LogP contribution >= 0.6 is 11.3 Å². The highest BCUT2D eigenvalue weighted by Gasteiger charge is 2.30. The van der Waals surface area contributed by atoms with Crippen molar-refractivity contribution in [3.63, 3.8) is 0 Å². The Kier molecular flexibility index (Phi) is 7.59. The van der Waals surface area contributed by atoms with Gasteiger partial charge in [-0.25, -0.2) is 14.5 Å². The van der Waals surface area contributed by atoms with Gasteiger partial charge in [-0.3, -0.25) is 19.1 Å². The fraction of sp³-hybridized carbons (Fsp3) is 0.682. The molecule has 1 N–H and O–H groups in total. The number of hydrogen-bond acceptors (Lipinski definition) is 8. The number of anilines is 1. The van der Waals surface area contributed by atoms with E-state index in [4.69, 9.17) is 4.74 Å². The molecule has 10 nitrogen and oxygen atoms in total. The van der Waals surface area contributed by atoms with Gasteiger partial charge in [-0.1, -0.05) is 12.8 Å². The summed E-state index contributed by atoms with van der Waals surface area (Å²) in [6.07, 6.45) is 6.29. The average molecular weight is 477 g/mol. The van der Waals surface area contributed by atoms with Crippen LogP contribution in [0, 0.1) is 0 Å². The average Bonchev–Trinajstić information content (AvgIpc) is 3.51. The zero-order chi connectivity index (χ0) is 23.4. The summed E-state index contributed by atoms with van der Waals surface area (Å²) in [5.41, 5.74) is 0.586. The van der Waals surface area contributed by atoms with Crippen LogP contribution in [0.5, 0.6) is 0 Å². The predicted molar refractivity (Wildman–Crippen MR) is 124 cm³/mol. The minimum atomic E-state index is -0.324. The lowest BCUT2D eigenvalue weighted by molar-refractivity contribution is -0.142. The molecule has 1 saturated heterocycles. The van der Waals surface area contributed by atoms with Gasteiger partial charge in [0, 0.05) is 24.4 Å². The van der Waals surface area contributed by atoms with Crippen molar-refractivity contribution in [1.29, 1.82) is 0 Å². The number of carbonyl (C=O) groups is 2. The minimum Gasteiger partial charge on any atom is -0.466 e. The third-order valence-corrected chi connectivity index (χ3v) is 7.23. The molecule has 1 aliphatic heterocycles. The largest absolute Gasteiger partial charge is 0.466 e. The molecule has 2 fully saturated rings. The minimum absolute atomic E-state index is 0.00974. The highest BCUT2D eigenvalue weighted by molar-refractivity contribution is 7.13. The highest BCUT2D eigenvalue weighted by atomic mass is 32.1. The van der Waals surface area contributed by atoms with Gasteiger partial charge in [-0.2, -0.15) is 5.10 Å². The molecule has 0 atom stereocenters. The van der Waals surface area contributed by atoms with Crippen LogP contribution in [0.4, 0.5) is 5.13 Å². The first-order valence-corrected chi connectivity index (χ1v) is 12.6. The third kappa shape index (κ3) is 5.70. The topological polar surface area (TPSA) is 111 Å². The Hall–Kier alpha value is -2.53. The zero-order valence-corrected chi connectivity index (χ0v) is 20.1. The van der Waals surface area contributed by atoms with E-state index in [1.807, 2.05) is 4.57 Å². The number of thiazole rings is 1. The molecule has 4 rings (SSSR count). The fourth-order valence-electron chi connectivity index (χ4n) is 4.80. The van der Waals surface area contributed by atoms with Gasteiger partial charge in [0.2, 0.25) is 5.91 Å². The van der Waals surface area contributed by atoms with E-state index in [9.17, 15) is 14.4 Å². The van der Waals surface area contributed by atoms with Crippen LogP contribution in [-0.4, -0.2) is 62.3 Å². The van der Waals surface area contributed by atoms with Gasteiger partial charge in [0.05, 0.1) is 25.3 Å². The maximum absolute atomic E-state index is 12.7. The third-order valence-electron chi connectivity index (χ3n) is 6.42. The molecule has 3 heterocycles. The summed E-state index contributed by atoms with van der Waals surface area (Å²) < 4.78 is 8.34. The van der Waals surface area contributed by atoms with Gasteiger partial charge < -0.3 is 10.1 Å². The summed E-state index contributed by atoms with van der Waals surface area (Å²) >= 11 is 1.30. The fourth-order valence-corrected chi connectivity index (χ4v) is 5.53. The van der Waals surface area contributed by atoms with Gasteiger partial charge >= 0.3 is 11.7 Å². The van der Waals surface area contributed by atoms with E-state index in [1.54, 1.807) is 19.4 Å². The van der Waals surface area contributed by atoms with Crippen molar-refractivity contribution in [1.82, 2.24) is 24.2 Å². The molecule has 1 amide bonds. The number of piperidine rings is 1. The Morgan fingerprint density at radius 3 is 2.64 bits per heavy atom. The van der Waals surface area contributed by atoms with Crippen LogP contribution in [0.25, 0.3) is 0 Å². The van der Waals surface area contributed by atoms with E-state index in [0.717, 1.165) is 44.6 Å². The molecule has 0 aromatic carbocycles. The first kappa shape index (κ1) is 23.6. The van der Waals surface area contributed by atoms with E-state index in [2.05, 4.69) is 20.3 Å². The second kappa shape index (κ2) is 10.6. The number of ether oxygens (including phenoxy) is 1. The van der Waals surface area contributed by atoms with E-state index >= 15 is 0 Å². The number of aromatic nitrogens is 4. The molecule has 0 unspecified atom stereocenters. The molecular weight excluding hydrogens is 444 g/mol. The Balaban J connectivity index is 1.28. The second-order valence-electron chi connectivity index (χ2n) is 8.80. The number of nitrogens with zero attached hydrogens (tertiary/aromatic N) is 5. The van der Waals surface area contributed by atoms with Gasteiger partial charge in [0.1, 0.15) is 5.82 Å². The molecule has 0 bridgehead atoms. The van der Waals surface area contributed by atoms with Crippen molar-refractivity contribution >= 4 is 28.3 Å². The first-order valence-electron chi connectivity index (χ1n) is 11.7. The van der Waals surface area contributed by atoms with Gasteiger partial charge in [-0.15, -0.1) is 11.3 Å². The van der Waals surface area contributed by atoms with Crippen molar-refractivity contribution in [2.45, 2.75) is 63.8 Å². The summed E-state index contributed by atoms with van der Waals surface area (Å²) in [5.74, 6) is 0.708. The molecule has 1 aliphatic carbocycles. The van der Waals surface area contributed by atoms with Crippen molar-refractivity contribution in [3.05, 3.63) is 27.4 Å². The van der Waals surface area contributed by atoms with Crippen LogP contribution in [-0.2, 0) is 27.8 Å². The molecule has 2 aromatic heterocycles. The Labute approximate surface area is 196 Å². The quantitative estimate of drug-likeness (QED) is 0.581. The summed E-state index contributed by atoms with van der Waals surface area (Å²) in [5, 5.41) is 9.66. The van der Waals surface area contributed by atoms with Crippen LogP contribution in [0.15, 0.2) is 10.2 Å². The zero-order valence-electron chi connectivity index (χ0n) is 19.3. The molecule has 2 aromatic rings. The Morgan fingerprint density at radius 2 is 1.94 bits per heavy atom. The van der Waals surface area contributed by atoms with E-state index < -0.39 is 0 Å². The lowest BCUT2D eigenvalue weighted by atomic mass is 9.95. The lowest BCUT2D eigenvalue weighted by Crippen LogP contribution is -2.39. The maximum atomic E-state index is 12.7. The SMILES string of the molecule is CCOC(=O)Cc1csc(NC(=O)CN2CCC(c3nn(C)c(=O)n3C3CCCC3)CC2)n1. The molecule has 180 valence electrons. The van der Waals surface area contributed by atoms with Crippen molar-refractivity contribution in [2.75, 3.05) is 31.6 Å². The number of esters is 1. The number of likely N-dealkylation sites (tertiary alicyclic amines) is 1. The van der Waals surface area contributed by atoms with Crippen LogP contribution in [0.2, 0.25) is 0 Å².